The molecule has 0 aliphatic rings. The largest absolute Gasteiger partial charge is 0.496 e. The Kier molecular flexibility index (Phi) is 4.42. The second-order valence-corrected chi connectivity index (χ2v) is 4.49. The Bertz CT molecular complexity index is 555. The fourth-order valence-corrected chi connectivity index (χ4v) is 2.27. The van der Waals surface area contributed by atoms with E-state index in [1.807, 2.05) is 29.8 Å². The third-order valence-corrected chi connectivity index (χ3v) is 3.25. The van der Waals surface area contributed by atoms with Crippen molar-refractivity contribution in [1.29, 1.82) is 0 Å². The molecule has 1 heterocycles. The second kappa shape index (κ2) is 6.06. The van der Waals surface area contributed by atoms with Gasteiger partial charge in [0.05, 0.1) is 18.8 Å². The van der Waals surface area contributed by atoms with Gasteiger partial charge in [-0.1, -0.05) is 17.7 Å². The average molecular weight is 281 g/mol. The summed E-state index contributed by atoms with van der Waals surface area (Å²) in [6, 6.07) is 7.22. The van der Waals surface area contributed by atoms with Crippen LogP contribution >= 0.6 is 11.6 Å². The summed E-state index contributed by atoms with van der Waals surface area (Å²) in [5.41, 5.74) is 4.70. The molecule has 5 nitrogen and oxygen atoms in total. The van der Waals surface area contributed by atoms with Gasteiger partial charge in [0.25, 0.3) is 0 Å². The van der Waals surface area contributed by atoms with Gasteiger partial charge in [-0.25, -0.2) is 5.43 Å². The van der Waals surface area contributed by atoms with Crippen molar-refractivity contribution in [3.63, 3.8) is 0 Å². The minimum atomic E-state index is -0.199. The molecule has 0 fully saturated rings. The van der Waals surface area contributed by atoms with Crippen LogP contribution < -0.4 is 16.0 Å². The van der Waals surface area contributed by atoms with Crippen LogP contribution in [0.1, 0.15) is 24.2 Å². The van der Waals surface area contributed by atoms with E-state index in [0.29, 0.717) is 10.8 Å². The van der Waals surface area contributed by atoms with E-state index < -0.39 is 0 Å². The molecule has 2 rings (SSSR count). The smallest absolute Gasteiger partial charge is 0.125 e. The molecule has 0 radical (unpaired) electrons. The minimum Gasteiger partial charge on any atom is -0.496 e. The van der Waals surface area contributed by atoms with Crippen LogP contribution in [0.5, 0.6) is 5.75 Å². The van der Waals surface area contributed by atoms with E-state index >= 15 is 0 Å². The van der Waals surface area contributed by atoms with Gasteiger partial charge < -0.3 is 4.74 Å². The monoisotopic (exact) mass is 280 g/mol. The molecule has 0 aliphatic carbocycles. The second-order valence-electron chi connectivity index (χ2n) is 4.06. The SMILES string of the molecule is CCn1nccc1C(NN)c1ccc(Cl)cc1OC. The summed E-state index contributed by atoms with van der Waals surface area (Å²) >= 11 is 5.98. The molecule has 19 heavy (non-hydrogen) atoms. The first-order valence-electron chi connectivity index (χ1n) is 6.02. The molecule has 1 aromatic carbocycles. The van der Waals surface area contributed by atoms with Crippen molar-refractivity contribution in [2.75, 3.05) is 7.11 Å². The van der Waals surface area contributed by atoms with Crippen LogP contribution in [0.3, 0.4) is 0 Å². The number of benzene rings is 1. The van der Waals surface area contributed by atoms with Crippen molar-refractivity contribution in [3.8, 4) is 5.75 Å². The number of halogens is 1. The maximum absolute atomic E-state index is 5.98. The highest BCUT2D eigenvalue weighted by Gasteiger charge is 2.20. The molecule has 0 saturated heterocycles. The van der Waals surface area contributed by atoms with E-state index in [-0.39, 0.29) is 6.04 Å². The van der Waals surface area contributed by atoms with E-state index in [1.54, 1.807) is 19.4 Å². The Balaban J connectivity index is 2.48. The number of ether oxygens (including phenoxy) is 1. The topological polar surface area (TPSA) is 65.1 Å². The van der Waals surface area contributed by atoms with Crippen molar-refractivity contribution >= 4 is 11.6 Å². The molecule has 0 spiro atoms. The zero-order chi connectivity index (χ0) is 13.8. The van der Waals surface area contributed by atoms with Crippen LogP contribution in [0.2, 0.25) is 5.02 Å². The Hall–Kier alpha value is -1.56. The summed E-state index contributed by atoms with van der Waals surface area (Å²) in [4.78, 5) is 0. The van der Waals surface area contributed by atoms with Gasteiger partial charge in [-0.3, -0.25) is 10.5 Å². The van der Waals surface area contributed by atoms with Crippen molar-refractivity contribution < 1.29 is 4.74 Å². The molecular weight excluding hydrogens is 264 g/mol. The third kappa shape index (κ3) is 2.73. The van der Waals surface area contributed by atoms with Gasteiger partial charge in [0.2, 0.25) is 0 Å². The third-order valence-electron chi connectivity index (χ3n) is 3.02. The fourth-order valence-electron chi connectivity index (χ4n) is 2.11. The zero-order valence-corrected chi connectivity index (χ0v) is 11.7. The minimum absolute atomic E-state index is 0.199. The van der Waals surface area contributed by atoms with Crippen LogP contribution in [0, 0.1) is 0 Å². The molecular formula is C13H17ClN4O. The van der Waals surface area contributed by atoms with Gasteiger partial charge in [0, 0.05) is 23.3 Å². The first-order chi connectivity index (χ1) is 9.21. The summed E-state index contributed by atoms with van der Waals surface area (Å²) in [6.07, 6.45) is 1.76. The van der Waals surface area contributed by atoms with Gasteiger partial charge in [0.15, 0.2) is 0 Å². The van der Waals surface area contributed by atoms with Crippen LogP contribution in [0.25, 0.3) is 0 Å². The van der Waals surface area contributed by atoms with Crippen LogP contribution in [0.15, 0.2) is 30.5 Å². The summed E-state index contributed by atoms with van der Waals surface area (Å²) in [5.74, 6) is 6.40. The summed E-state index contributed by atoms with van der Waals surface area (Å²) in [6.45, 7) is 2.81. The molecule has 1 unspecified atom stereocenters. The van der Waals surface area contributed by atoms with Crippen LogP contribution in [-0.2, 0) is 6.54 Å². The van der Waals surface area contributed by atoms with E-state index in [4.69, 9.17) is 22.2 Å². The number of nitrogens with two attached hydrogens (primary N) is 1. The standard InChI is InChI=1S/C13H17ClN4O/c1-3-18-11(6-7-16-18)13(17-15)10-5-4-9(14)8-12(10)19-2/h4-8,13,17H,3,15H2,1-2H3. The quantitative estimate of drug-likeness (QED) is 0.650. The predicted molar refractivity (Wildman–Crippen MR) is 75.1 cm³/mol. The molecule has 3 N–H and O–H groups in total. The lowest BCUT2D eigenvalue weighted by atomic mass is 10.0. The van der Waals surface area contributed by atoms with Gasteiger partial charge in [-0.05, 0) is 25.1 Å². The van der Waals surface area contributed by atoms with Gasteiger partial charge in [-0.15, -0.1) is 0 Å². The predicted octanol–water partition coefficient (Wildman–Crippen LogP) is 2.12. The Morgan fingerprint density at radius 1 is 1.47 bits per heavy atom. The molecule has 0 saturated carbocycles. The molecule has 1 aromatic heterocycles. The number of hydrazine groups is 1. The van der Waals surface area contributed by atoms with E-state index in [1.165, 1.54) is 0 Å². The number of rotatable bonds is 5. The molecule has 1 atom stereocenters. The van der Waals surface area contributed by atoms with Gasteiger partial charge in [0.1, 0.15) is 5.75 Å². The van der Waals surface area contributed by atoms with Crippen molar-refractivity contribution in [1.82, 2.24) is 15.2 Å². The summed E-state index contributed by atoms with van der Waals surface area (Å²) in [7, 11) is 1.61. The summed E-state index contributed by atoms with van der Waals surface area (Å²) in [5, 5.41) is 4.88. The number of nitrogens with zero attached hydrogens (tertiary/aromatic N) is 2. The molecule has 0 amide bonds. The maximum atomic E-state index is 5.98. The normalized spacial score (nSPS) is 12.4. The first-order valence-corrected chi connectivity index (χ1v) is 6.40. The highest BCUT2D eigenvalue weighted by Crippen LogP contribution is 2.31. The number of hydrogen-bond acceptors (Lipinski definition) is 4. The van der Waals surface area contributed by atoms with E-state index in [2.05, 4.69) is 10.5 Å². The van der Waals surface area contributed by atoms with Crippen molar-refractivity contribution in [3.05, 3.63) is 46.7 Å². The van der Waals surface area contributed by atoms with Crippen LogP contribution in [-0.4, -0.2) is 16.9 Å². The zero-order valence-electron chi connectivity index (χ0n) is 10.9. The number of hydrogen-bond donors (Lipinski definition) is 2. The molecule has 102 valence electrons. The number of methoxy groups -OCH3 is 1. The molecule has 6 heteroatoms. The fraction of sp³-hybridized carbons (Fsp3) is 0.308. The first kappa shape index (κ1) is 13.9. The van der Waals surface area contributed by atoms with E-state index in [0.717, 1.165) is 17.8 Å². The van der Waals surface area contributed by atoms with Gasteiger partial charge in [-0.2, -0.15) is 5.10 Å². The maximum Gasteiger partial charge on any atom is 0.125 e. The number of aryl methyl sites for hydroxylation is 1. The lowest BCUT2D eigenvalue weighted by Crippen LogP contribution is -2.31. The van der Waals surface area contributed by atoms with E-state index in [9.17, 15) is 0 Å². The van der Waals surface area contributed by atoms with Crippen LogP contribution in [0.4, 0.5) is 0 Å². The Labute approximate surface area is 117 Å². The summed E-state index contributed by atoms with van der Waals surface area (Å²) < 4.78 is 7.26. The van der Waals surface area contributed by atoms with Gasteiger partial charge >= 0.3 is 0 Å². The van der Waals surface area contributed by atoms with Crippen molar-refractivity contribution in [2.24, 2.45) is 5.84 Å². The molecule has 2 aromatic rings. The Morgan fingerprint density at radius 3 is 2.89 bits per heavy atom. The lowest BCUT2D eigenvalue weighted by Gasteiger charge is -2.20. The molecule has 0 bridgehead atoms. The Morgan fingerprint density at radius 2 is 2.26 bits per heavy atom. The highest BCUT2D eigenvalue weighted by molar-refractivity contribution is 6.30. The number of nitrogens with one attached hydrogen (secondary N) is 1. The highest BCUT2D eigenvalue weighted by atomic mass is 35.5. The molecule has 0 aliphatic heterocycles. The lowest BCUT2D eigenvalue weighted by molar-refractivity contribution is 0.402. The number of aromatic nitrogens is 2. The van der Waals surface area contributed by atoms with Crippen molar-refractivity contribution in [2.45, 2.75) is 19.5 Å². The average Bonchev–Trinajstić information content (AvgIpc) is 2.89.